The first-order valence-electron chi connectivity index (χ1n) is 10.6. The van der Waals surface area contributed by atoms with Gasteiger partial charge in [-0.3, -0.25) is 14.8 Å². The average Bonchev–Trinajstić information content (AvgIpc) is 3.31. The van der Waals surface area contributed by atoms with Crippen LogP contribution in [0.15, 0.2) is 48.8 Å². The topological polar surface area (TPSA) is 37.2 Å². The van der Waals surface area contributed by atoms with E-state index in [1.54, 1.807) is 0 Å². The first-order valence-corrected chi connectivity index (χ1v) is 10.6. The van der Waals surface area contributed by atoms with Gasteiger partial charge in [0.15, 0.2) is 0 Å². The molecular weight excluding hydrogens is 346 g/mol. The van der Waals surface area contributed by atoms with E-state index in [2.05, 4.69) is 69.6 Å². The number of fused-ring (bicyclic) bond motifs is 1. The third-order valence-electron chi connectivity index (χ3n) is 5.94. The number of benzene rings is 1. The van der Waals surface area contributed by atoms with Crippen molar-refractivity contribution < 1.29 is 0 Å². The van der Waals surface area contributed by atoms with Gasteiger partial charge in [0.2, 0.25) is 0 Å². The summed E-state index contributed by atoms with van der Waals surface area (Å²) >= 11 is 0. The number of aromatic nitrogens is 3. The second-order valence-electron chi connectivity index (χ2n) is 7.71. The Morgan fingerprint density at radius 1 is 1.04 bits per heavy atom. The number of nitrogens with zero attached hydrogens (tertiary/aromatic N) is 5. The summed E-state index contributed by atoms with van der Waals surface area (Å²) in [5.74, 6) is 1.17. The van der Waals surface area contributed by atoms with Gasteiger partial charge < -0.3 is 4.57 Å². The number of imidazole rings is 1. The minimum Gasteiger partial charge on any atom is -0.327 e. The van der Waals surface area contributed by atoms with Crippen molar-refractivity contribution in [2.75, 3.05) is 19.6 Å². The molecule has 1 saturated heterocycles. The lowest BCUT2D eigenvalue weighted by atomic mass is 10.1. The smallest absolute Gasteiger partial charge is 0.124 e. The zero-order chi connectivity index (χ0) is 19.3. The number of hydrogen-bond acceptors (Lipinski definition) is 4. The lowest BCUT2D eigenvalue weighted by Crippen LogP contribution is -2.40. The van der Waals surface area contributed by atoms with Gasteiger partial charge in [-0.1, -0.05) is 19.1 Å². The first kappa shape index (κ1) is 19.1. The first-order chi connectivity index (χ1) is 13.8. The molecule has 148 valence electrons. The molecule has 3 aromatic rings. The Hall–Kier alpha value is -2.24. The van der Waals surface area contributed by atoms with Crippen LogP contribution in [0.5, 0.6) is 0 Å². The summed E-state index contributed by atoms with van der Waals surface area (Å²) in [6, 6.07) is 13.4. The lowest BCUT2D eigenvalue weighted by molar-refractivity contribution is 0.162. The summed E-state index contributed by atoms with van der Waals surface area (Å²) in [4.78, 5) is 14.4. The highest BCUT2D eigenvalue weighted by Gasteiger charge is 2.26. The van der Waals surface area contributed by atoms with E-state index >= 15 is 0 Å². The molecule has 0 amide bonds. The monoisotopic (exact) mass is 377 g/mol. The molecule has 2 aromatic heterocycles. The van der Waals surface area contributed by atoms with Gasteiger partial charge in [-0.15, -0.1) is 0 Å². The predicted octanol–water partition coefficient (Wildman–Crippen LogP) is 3.94. The summed E-state index contributed by atoms with van der Waals surface area (Å²) in [5.41, 5.74) is 3.65. The van der Waals surface area contributed by atoms with Gasteiger partial charge in [-0.05, 0) is 62.7 Å². The van der Waals surface area contributed by atoms with Crippen LogP contribution in [0.4, 0.5) is 0 Å². The van der Waals surface area contributed by atoms with E-state index in [9.17, 15) is 0 Å². The second-order valence-corrected chi connectivity index (χ2v) is 7.71. The summed E-state index contributed by atoms with van der Waals surface area (Å²) in [7, 11) is 0. The van der Waals surface area contributed by atoms with Gasteiger partial charge in [-0.2, -0.15) is 0 Å². The number of likely N-dealkylation sites (N-methyl/N-ethyl adjacent to an activating group) is 1. The third-order valence-corrected chi connectivity index (χ3v) is 5.94. The Morgan fingerprint density at radius 2 is 1.86 bits per heavy atom. The van der Waals surface area contributed by atoms with Crippen molar-refractivity contribution in [3.8, 4) is 0 Å². The molecule has 1 unspecified atom stereocenters. The van der Waals surface area contributed by atoms with Gasteiger partial charge in [0.25, 0.3) is 0 Å². The Bertz CT molecular complexity index is 888. The molecule has 0 spiro atoms. The quantitative estimate of drug-likeness (QED) is 0.596. The van der Waals surface area contributed by atoms with E-state index in [1.165, 1.54) is 36.3 Å². The van der Waals surface area contributed by atoms with Crippen LogP contribution < -0.4 is 0 Å². The molecule has 0 bridgehead atoms. The molecule has 1 aliphatic rings. The highest BCUT2D eigenvalue weighted by Crippen LogP contribution is 2.22. The molecule has 5 nitrogen and oxygen atoms in total. The van der Waals surface area contributed by atoms with Crippen molar-refractivity contribution in [3.63, 3.8) is 0 Å². The second kappa shape index (κ2) is 8.84. The number of para-hydroxylation sites is 2. The summed E-state index contributed by atoms with van der Waals surface area (Å²) in [5, 5.41) is 0. The van der Waals surface area contributed by atoms with Crippen molar-refractivity contribution in [2.45, 2.75) is 52.4 Å². The molecule has 0 radical (unpaired) electrons. The molecule has 0 aliphatic carbocycles. The molecule has 1 fully saturated rings. The maximum atomic E-state index is 4.97. The highest BCUT2D eigenvalue weighted by atomic mass is 15.2. The van der Waals surface area contributed by atoms with Crippen LogP contribution in [0.2, 0.25) is 0 Å². The summed E-state index contributed by atoms with van der Waals surface area (Å²) in [6.07, 6.45) is 6.39. The van der Waals surface area contributed by atoms with Crippen molar-refractivity contribution in [1.82, 2.24) is 24.3 Å². The van der Waals surface area contributed by atoms with E-state index < -0.39 is 0 Å². The lowest BCUT2D eigenvalue weighted by Gasteiger charge is -2.30. The molecule has 28 heavy (non-hydrogen) atoms. The molecule has 5 heteroatoms. The zero-order valence-electron chi connectivity index (χ0n) is 17.1. The molecular formula is C23H31N5. The molecule has 1 atom stereocenters. The van der Waals surface area contributed by atoms with Gasteiger partial charge in [-0.25, -0.2) is 4.98 Å². The minimum atomic E-state index is 0.645. The van der Waals surface area contributed by atoms with E-state index in [0.717, 1.165) is 38.2 Å². The molecule has 1 aliphatic heterocycles. The van der Waals surface area contributed by atoms with Gasteiger partial charge in [0.1, 0.15) is 5.82 Å². The molecule has 0 N–H and O–H groups in total. The van der Waals surface area contributed by atoms with Crippen LogP contribution in [0, 0.1) is 0 Å². The predicted molar refractivity (Wildman–Crippen MR) is 114 cm³/mol. The van der Waals surface area contributed by atoms with Crippen LogP contribution in [0.1, 0.15) is 38.1 Å². The van der Waals surface area contributed by atoms with Crippen molar-refractivity contribution >= 4 is 11.0 Å². The largest absolute Gasteiger partial charge is 0.327 e. The molecule has 0 saturated carbocycles. The minimum absolute atomic E-state index is 0.645. The molecule has 3 heterocycles. The van der Waals surface area contributed by atoms with Gasteiger partial charge in [0.05, 0.1) is 17.6 Å². The Kier molecular flexibility index (Phi) is 6.03. The normalized spacial score (nSPS) is 17.8. The third kappa shape index (κ3) is 4.10. The van der Waals surface area contributed by atoms with E-state index in [4.69, 9.17) is 4.98 Å². The fourth-order valence-corrected chi connectivity index (χ4v) is 4.55. The van der Waals surface area contributed by atoms with E-state index in [-0.39, 0.29) is 0 Å². The van der Waals surface area contributed by atoms with Crippen molar-refractivity contribution in [3.05, 3.63) is 60.2 Å². The van der Waals surface area contributed by atoms with Gasteiger partial charge in [0, 0.05) is 38.1 Å². The summed E-state index contributed by atoms with van der Waals surface area (Å²) in [6.45, 7) is 10.7. The van der Waals surface area contributed by atoms with Crippen LogP contribution in [-0.2, 0) is 19.6 Å². The van der Waals surface area contributed by atoms with E-state index in [0.29, 0.717) is 6.04 Å². The maximum absolute atomic E-state index is 4.97. The van der Waals surface area contributed by atoms with Crippen LogP contribution in [-0.4, -0.2) is 50.0 Å². The van der Waals surface area contributed by atoms with Crippen molar-refractivity contribution in [2.24, 2.45) is 0 Å². The number of aryl methyl sites for hydroxylation is 1. The molecule has 1 aromatic carbocycles. The van der Waals surface area contributed by atoms with Crippen LogP contribution in [0.25, 0.3) is 11.0 Å². The summed E-state index contributed by atoms with van der Waals surface area (Å²) < 4.78 is 2.36. The Balaban J connectivity index is 1.59. The Morgan fingerprint density at radius 3 is 2.64 bits per heavy atom. The maximum Gasteiger partial charge on any atom is 0.124 e. The van der Waals surface area contributed by atoms with Crippen LogP contribution >= 0.6 is 0 Å². The number of hydrogen-bond donors (Lipinski definition) is 0. The fourth-order valence-electron chi connectivity index (χ4n) is 4.55. The number of pyridine rings is 1. The standard InChI is InChI=1S/C23H31N5/c1-3-27-15-7-8-20(27)17-26(16-19-11-13-24-14-12-19)18-23-25-21-9-5-6-10-22(21)28(23)4-2/h5-6,9-14,20H,3-4,7-8,15-18H2,1-2H3. The van der Waals surface area contributed by atoms with E-state index in [1.807, 2.05) is 12.4 Å². The van der Waals surface area contributed by atoms with Crippen molar-refractivity contribution in [1.29, 1.82) is 0 Å². The fraction of sp³-hybridized carbons (Fsp3) is 0.478. The van der Waals surface area contributed by atoms with Gasteiger partial charge >= 0.3 is 0 Å². The number of rotatable bonds is 8. The Labute approximate surface area is 168 Å². The van der Waals surface area contributed by atoms with Crippen LogP contribution in [0.3, 0.4) is 0 Å². The molecule has 4 rings (SSSR count). The zero-order valence-corrected chi connectivity index (χ0v) is 17.1. The number of likely N-dealkylation sites (tertiary alicyclic amines) is 1. The highest BCUT2D eigenvalue weighted by molar-refractivity contribution is 5.75. The average molecular weight is 378 g/mol. The SMILES string of the molecule is CCN1CCCC1CN(Cc1ccncc1)Cc1nc2ccccc2n1CC.